The molecule has 0 unspecified atom stereocenters. The lowest BCUT2D eigenvalue weighted by molar-refractivity contribution is 0.0746. The number of carbonyl (C=O) groups is 1. The zero-order valence-corrected chi connectivity index (χ0v) is 14.3. The highest BCUT2D eigenvalue weighted by Gasteiger charge is 2.18. The summed E-state index contributed by atoms with van der Waals surface area (Å²) in [5.74, 6) is -0.0568. The van der Waals surface area contributed by atoms with Gasteiger partial charge in [-0.1, -0.05) is 24.3 Å². The Bertz CT molecular complexity index is 670. The fraction of sp³-hybridized carbons (Fsp3) is 0.350. The minimum absolute atomic E-state index is 0.0568. The predicted molar refractivity (Wildman–Crippen MR) is 96.2 cm³/mol. The number of nitrogens with one attached hydrogen (secondary N) is 1. The maximum absolute atomic E-state index is 12.1. The lowest BCUT2D eigenvalue weighted by Gasteiger charge is -2.18. The third kappa shape index (κ3) is 3.95. The number of ether oxygens (including phenoxy) is 1. The van der Waals surface area contributed by atoms with E-state index in [1.807, 2.05) is 38.1 Å². The fourth-order valence-electron chi connectivity index (χ4n) is 2.90. The highest BCUT2D eigenvalue weighted by atomic mass is 16.5. The molecule has 2 aromatic carbocycles. The van der Waals surface area contributed by atoms with Gasteiger partial charge in [0.25, 0.3) is 5.91 Å². The second kappa shape index (κ2) is 7.49. The van der Waals surface area contributed by atoms with Gasteiger partial charge >= 0.3 is 0 Å². The van der Waals surface area contributed by atoms with Crippen molar-refractivity contribution in [1.82, 2.24) is 5.32 Å². The van der Waals surface area contributed by atoms with Crippen molar-refractivity contribution < 1.29 is 9.53 Å². The largest absolute Gasteiger partial charge is 0.377 e. The van der Waals surface area contributed by atoms with Gasteiger partial charge in [-0.2, -0.15) is 0 Å². The summed E-state index contributed by atoms with van der Waals surface area (Å²) in [5.41, 5.74) is 4.58. The van der Waals surface area contributed by atoms with Gasteiger partial charge in [0.05, 0.1) is 12.7 Å². The predicted octanol–water partition coefficient (Wildman–Crippen LogP) is 3.36. The maximum Gasteiger partial charge on any atom is 0.251 e. The monoisotopic (exact) mass is 324 g/mol. The van der Waals surface area contributed by atoms with Crippen molar-refractivity contribution in [2.45, 2.75) is 33.0 Å². The van der Waals surface area contributed by atoms with Crippen LogP contribution in [0.25, 0.3) is 0 Å². The standard InChI is InChI=1S/C20H24N2O2/c1-15(2)24-12-11-21-20(23)16-7-9-19(10-8-16)22-13-17-5-3-4-6-18(17)14-22/h3-10,15H,11-14H2,1-2H3,(H,21,23). The van der Waals surface area contributed by atoms with E-state index in [0.717, 1.165) is 18.8 Å². The van der Waals surface area contributed by atoms with Crippen molar-refractivity contribution in [2.75, 3.05) is 18.1 Å². The molecule has 0 saturated carbocycles. The molecule has 0 bridgehead atoms. The van der Waals surface area contributed by atoms with E-state index in [0.29, 0.717) is 18.7 Å². The Hall–Kier alpha value is -2.33. The number of fused-ring (bicyclic) bond motifs is 1. The smallest absolute Gasteiger partial charge is 0.251 e. The van der Waals surface area contributed by atoms with Gasteiger partial charge < -0.3 is 15.0 Å². The fourth-order valence-corrected chi connectivity index (χ4v) is 2.90. The summed E-state index contributed by atoms with van der Waals surface area (Å²) in [6, 6.07) is 16.3. The molecular weight excluding hydrogens is 300 g/mol. The SMILES string of the molecule is CC(C)OCCNC(=O)c1ccc(N2Cc3ccccc3C2)cc1. The summed E-state index contributed by atoms with van der Waals surface area (Å²) >= 11 is 0. The molecule has 1 amide bonds. The first-order chi connectivity index (χ1) is 11.6. The van der Waals surface area contributed by atoms with Gasteiger partial charge in [0.2, 0.25) is 0 Å². The first-order valence-corrected chi connectivity index (χ1v) is 8.45. The van der Waals surface area contributed by atoms with Crippen LogP contribution in [0.3, 0.4) is 0 Å². The normalized spacial score (nSPS) is 13.2. The number of amides is 1. The maximum atomic E-state index is 12.1. The molecule has 4 heteroatoms. The number of nitrogens with zero attached hydrogens (tertiary/aromatic N) is 1. The summed E-state index contributed by atoms with van der Waals surface area (Å²) in [6.07, 6.45) is 0.186. The van der Waals surface area contributed by atoms with Gasteiger partial charge in [0.15, 0.2) is 0 Å². The number of anilines is 1. The third-order valence-electron chi connectivity index (χ3n) is 4.17. The van der Waals surface area contributed by atoms with E-state index in [-0.39, 0.29) is 12.0 Å². The molecule has 0 spiro atoms. The molecule has 1 N–H and O–H groups in total. The molecule has 0 aliphatic carbocycles. The number of hydrogen-bond donors (Lipinski definition) is 1. The quantitative estimate of drug-likeness (QED) is 0.829. The highest BCUT2D eigenvalue weighted by molar-refractivity contribution is 5.94. The van der Waals surface area contributed by atoms with Crippen molar-refractivity contribution in [1.29, 1.82) is 0 Å². The molecule has 0 atom stereocenters. The Morgan fingerprint density at radius 1 is 1.08 bits per heavy atom. The molecule has 4 nitrogen and oxygen atoms in total. The molecule has 1 aliphatic rings. The summed E-state index contributed by atoms with van der Waals surface area (Å²) in [4.78, 5) is 14.4. The Labute approximate surface area is 143 Å². The summed E-state index contributed by atoms with van der Waals surface area (Å²) in [5, 5.41) is 2.88. The zero-order valence-electron chi connectivity index (χ0n) is 14.3. The van der Waals surface area contributed by atoms with Crippen LogP contribution in [0.4, 0.5) is 5.69 Å². The second-order valence-electron chi connectivity index (χ2n) is 6.35. The van der Waals surface area contributed by atoms with Crippen LogP contribution in [-0.2, 0) is 17.8 Å². The van der Waals surface area contributed by atoms with Gasteiger partial charge in [-0.05, 0) is 49.2 Å². The first-order valence-electron chi connectivity index (χ1n) is 8.45. The molecule has 126 valence electrons. The second-order valence-corrected chi connectivity index (χ2v) is 6.35. The Morgan fingerprint density at radius 2 is 1.71 bits per heavy atom. The van der Waals surface area contributed by atoms with E-state index in [1.165, 1.54) is 11.1 Å². The Morgan fingerprint density at radius 3 is 2.29 bits per heavy atom. The Balaban J connectivity index is 1.55. The van der Waals surface area contributed by atoms with Crippen LogP contribution in [-0.4, -0.2) is 25.2 Å². The average molecular weight is 324 g/mol. The van der Waals surface area contributed by atoms with E-state index in [9.17, 15) is 4.79 Å². The molecule has 0 aromatic heterocycles. The average Bonchev–Trinajstić information content (AvgIpc) is 3.02. The molecule has 3 rings (SSSR count). The van der Waals surface area contributed by atoms with Crippen molar-refractivity contribution >= 4 is 11.6 Å². The molecule has 1 aliphatic heterocycles. The van der Waals surface area contributed by atoms with Crippen LogP contribution in [0, 0.1) is 0 Å². The van der Waals surface area contributed by atoms with Crippen molar-refractivity contribution in [3.05, 3.63) is 65.2 Å². The van der Waals surface area contributed by atoms with Crippen LogP contribution >= 0.6 is 0 Å². The van der Waals surface area contributed by atoms with Crippen LogP contribution in [0.2, 0.25) is 0 Å². The number of rotatable bonds is 6. The van der Waals surface area contributed by atoms with Gasteiger partial charge in [0, 0.05) is 30.9 Å². The lowest BCUT2D eigenvalue weighted by Crippen LogP contribution is -2.28. The molecule has 2 aromatic rings. The first kappa shape index (κ1) is 16.5. The van der Waals surface area contributed by atoms with E-state index in [1.54, 1.807) is 0 Å². The molecule has 1 heterocycles. The number of hydrogen-bond acceptors (Lipinski definition) is 3. The molecule has 24 heavy (non-hydrogen) atoms. The van der Waals surface area contributed by atoms with Crippen LogP contribution in [0.1, 0.15) is 35.3 Å². The lowest BCUT2D eigenvalue weighted by atomic mass is 10.1. The van der Waals surface area contributed by atoms with Crippen molar-refractivity contribution in [3.8, 4) is 0 Å². The molecule has 0 fully saturated rings. The third-order valence-corrected chi connectivity index (χ3v) is 4.17. The number of carbonyl (C=O) groups excluding carboxylic acids is 1. The van der Waals surface area contributed by atoms with Crippen LogP contribution in [0.5, 0.6) is 0 Å². The van der Waals surface area contributed by atoms with E-state index >= 15 is 0 Å². The number of benzene rings is 2. The van der Waals surface area contributed by atoms with Crippen molar-refractivity contribution in [3.63, 3.8) is 0 Å². The topological polar surface area (TPSA) is 41.6 Å². The summed E-state index contributed by atoms with van der Waals surface area (Å²) < 4.78 is 5.42. The Kier molecular flexibility index (Phi) is 5.16. The van der Waals surface area contributed by atoms with Crippen LogP contribution in [0.15, 0.2) is 48.5 Å². The van der Waals surface area contributed by atoms with Gasteiger partial charge in [-0.15, -0.1) is 0 Å². The van der Waals surface area contributed by atoms with E-state index in [2.05, 4.69) is 34.5 Å². The molecule has 0 radical (unpaired) electrons. The minimum Gasteiger partial charge on any atom is -0.377 e. The summed E-state index contributed by atoms with van der Waals surface area (Å²) in [7, 11) is 0. The van der Waals surface area contributed by atoms with Crippen LogP contribution < -0.4 is 10.2 Å². The minimum atomic E-state index is -0.0568. The summed E-state index contributed by atoms with van der Waals surface area (Å²) in [6.45, 7) is 6.88. The van der Waals surface area contributed by atoms with Gasteiger partial charge in [0.1, 0.15) is 0 Å². The molecule has 0 saturated heterocycles. The van der Waals surface area contributed by atoms with E-state index in [4.69, 9.17) is 4.74 Å². The highest BCUT2D eigenvalue weighted by Crippen LogP contribution is 2.28. The zero-order chi connectivity index (χ0) is 16.9. The van der Waals surface area contributed by atoms with E-state index < -0.39 is 0 Å². The molecular formula is C20H24N2O2. The van der Waals surface area contributed by atoms with Gasteiger partial charge in [-0.3, -0.25) is 4.79 Å². The van der Waals surface area contributed by atoms with Gasteiger partial charge in [-0.25, -0.2) is 0 Å². The van der Waals surface area contributed by atoms with Crippen molar-refractivity contribution in [2.24, 2.45) is 0 Å².